The van der Waals surface area contributed by atoms with Crippen LogP contribution < -0.4 is 15.4 Å². The Morgan fingerprint density at radius 3 is 2.90 bits per heavy atom. The van der Waals surface area contributed by atoms with Gasteiger partial charge < -0.3 is 15.4 Å². The largest absolute Gasteiger partial charge is 0.494 e. The van der Waals surface area contributed by atoms with Gasteiger partial charge in [0.2, 0.25) is 0 Å². The van der Waals surface area contributed by atoms with Gasteiger partial charge in [-0.2, -0.15) is 0 Å². The maximum atomic E-state index is 11.8. The molecule has 0 aliphatic rings. The second-order valence-electron chi connectivity index (χ2n) is 4.41. The Balaban J connectivity index is 1.78. The minimum atomic E-state index is -0.237. The van der Waals surface area contributed by atoms with Crippen molar-refractivity contribution in [1.82, 2.24) is 10.3 Å². The molecule has 2 N–H and O–H groups in total. The molecule has 0 unspecified atom stereocenters. The molecule has 1 heterocycles. The molecule has 1 aromatic carbocycles. The van der Waals surface area contributed by atoms with Gasteiger partial charge >= 0.3 is 6.03 Å². The molecule has 0 fully saturated rings. The van der Waals surface area contributed by atoms with Crippen LogP contribution in [0.3, 0.4) is 0 Å². The number of rotatable bonds is 6. The number of hydrogen-bond acceptors (Lipinski definition) is 3. The van der Waals surface area contributed by atoms with Crippen molar-refractivity contribution in [2.75, 3.05) is 18.5 Å². The SMILES string of the molecule is CCOc1cccc(NC(=O)NCCc2ccccn2)c1. The van der Waals surface area contributed by atoms with E-state index in [-0.39, 0.29) is 6.03 Å². The van der Waals surface area contributed by atoms with Crippen molar-refractivity contribution < 1.29 is 9.53 Å². The molecular formula is C16H19N3O2. The average Bonchev–Trinajstić information content (AvgIpc) is 2.49. The summed E-state index contributed by atoms with van der Waals surface area (Å²) in [4.78, 5) is 16.0. The standard InChI is InChI=1S/C16H19N3O2/c1-2-21-15-8-5-7-14(12-15)19-16(20)18-11-9-13-6-3-4-10-17-13/h3-8,10,12H,2,9,11H2,1H3,(H2,18,19,20). The smallest absolute Gasteiger partial charge is 0.319 e. The Morgan fingerprint density at radius 1 is 1.24 bits per heavy atom. The van der Waals surface area contributed by atoms with Gasteiger partial charge in [0.25, 0.3) is 0 Å². The summed E-state index contributed by atoms with van der Waals surface area (Å²) >= 11 is 0. The Kier molecular flexibility index (Phi) is 5.58. The second-order valence-corrected chi connectivity index (χ2v) is 4.41. The summed E-state index contributed by atoms with van der Waals surface area (Å²) in [5, 5.41) is 5.58. The van der Waals surface area contributed by atoms with Crippen molar-refractivity contribution in [3.05, 3.63) is 54.4 Å². The highest BCUT2D eigenvalue weighted by molar-refractivity contribution is 5.89. The summed E-state index contributed by atoms with van der Waals surface area (Å²) in [7, 11) is 0. The molecule has 1 aromatic heterocycles. The molecule has 0 aliphatic carbocycles. The molecule has 0 radical (unpaired) electrons. The van der Waals surface area contributed by atoms with E-state index < -0.39 is 0 Å². The van der Waals surface area contributed by atoms with E-state index in [4.69, 9.17) is 4.74 Å². The van der Waals surface area contributed by atoms with E-state index in [0.717, 1.165) is 11.4 Å². The van der Waals surface area contributed by atoms with Crippen molar-refractivity contribution in [2.24, 2.45) is 0 Å². The van der Waals surface area contributed by atoms with E-state index in [1.807, 2.05) is 43.3 Å². The Hall–Kier alpha value is -2.56. The van der Waals surface area contributed by atoms with Crippen molar-refractivity contribution in [1.29, 1.82) is 0 Å². The van der Waals surface area contributed by atoms with E-state index in [0.29, 0.717) is 25.3 Å². The molecule has 0 atom stereocenters. The first-order chi connectivity index (χ1) is 10.3. The molecule has 110 valence electrons. The Labute approximate surface area is 124 Å². The number of anilines is 1. The highest BCUT2D eigenvalue weighted by Crippen LogP contribution is 2.16. The third-order valence-corrected chi connectivity index (χ3v) is 2.80. The van der Waals surface area contributed by atoms with Crippen LogP contribution in [0, 0.1) is 0 Å². The molecule has 21 heavy (non-hydrogen) atoms. The fourth-order valence-electron chi connectivity index (χ4n) is 1.86. The summed E-state index contributed by atoms with van der Waals surface area (Å²) < 4.78 is 5.39. The minimum Gasteiger partial charge on any atom is -0.494 e. The lowest BCUT2D eigenvalue weighted by atomic mass is 10.3. The minimum absolute atomic E-state index is 0.237. The van der Waals surface area contributed by atoms with Gasteiger partial charge in [0.1, 0.15) is 5.75 Å². The maximum absolute atomic E-state index is 11.8. The molecule has 0 bridgehead atoms. The quantitative estimate of drug-likeness (QED) is 0.858. The molecule has 2 rings (SSSR count). The van der Waals surface area contributed by atoms with E-state index in [1.54, 1.807) is 12.3 Å². The normalized spacial score (nSPS) is 9.95. The van der Waals surface area contributed by atoms with Gasteiger partial charge in [-0.1, -0.05) is 12.1 Å². The second kappa shape index (κ2) is 7.89. The van der Waals surface area contributed by atoms with E-state index in [1.165, 1.54) is 0 Å². The van der Waals surface area contributed by atoms with Crippen LogP contribution in [-0.4, -0.2) is 24.2 Å². The Bertz CT molecular complexity index is 573. The number of ether oxygens (including phenoxy) is 1. The number of amides is 2. The number of benzene rings is 1. The third-order valence-electron chi connectivity index (χ3n) is 2.80. The molecular weight excluding hydrogens is 266 g/mol. The maximum Gasteiger partial charge on any atom is 0.319 e. The molecule has 5 heteroatoms. The van der Waals surface area contributed by atoms with Gasteiger partial charge in [-0.15, -0.1) is 0 Å². The predicted octanol–water partition coefficient (Wildman–Crippen LogP) is 2.84. The average molecular weight is 285 g/mol. The summed E-state index contributed by atoms with van der Waals surface area (Å²) in [6, 6.07) is 12.8. The van der Waals surface area contributed by atoms with Crippen molar-refractivity contribution in [3.8, 4) is 5.75 Å². The first kappa shape index (κ1) is 14.8. The number of urea groups is 1. The number of nitrogens with one attached hydrogen (secondary N) is 2. The van der Waals surface area contributed by atoms with E-state index in [2.05, 4.69) is 15.6 Å². The van der Waals surface area contributed by atoms with Gasteiger partial charge in [-0.3, -0.25) is 4.98 Å². The lowest BCUT2D eigenvalue weighted by molar-refractivity contribution is 0.252. The van der Waals surface area contributed by atoms with Gasteiger partial charge in [-0.25, -0.2) is 4.79 Å². The van der Waals surface area contributed by atoms with E-state index in [9.17, 15) is 4.79 Å². The topological polar surface area (TPSA) is 63.2 Å². The molecule has 5 nitrogen and oxygen atoms in total. The zero-order valence-corrected chi connectivity index (χ0v) is 12.0. The van der Waals surface area contributed by atoms with Crippen molar-refractivity contribution >= 4 is 11.7 Å². The van der Waals surface area contributed by atoms with Crippen LogP contribution in [0.1, 0.15) is 12.6 Å². The fraction of sp³-hybridized carbons (Fsp3) is 0.250. The monoisotopic (exact) mass is 285 g/mol. The van der Waals surface area contributed by atoms with Crippen LogP contribution in [0.25, 0.3) is 0 Å². The lowest BCUT2D eigenvalue weighted by Crippen LogP contribution is -2.30. The third kappa shape index (κ3) is 5.14. The van der Waals surface area contributed by atoms with Crippen LogP contribution in [0.5, 0.6) is 5.75 Å². The number of carbonyl (C=O) groups is 1. The van der Waals surface area contributed by atoms with Crippen LogP contribution in [0.4, 0.5) is 10.5 Å². The van der Waals surface area contributed by atoms with Gasteiger partial charge in [0.15, 0.2) is 0 Å². The zero-order valence-electron chi connectivity index (χ0n) is 12.0. The number of hydrogen-bond donors (Lipinski definition) is 2. The highest BCUT2D eigenvalue weighted by Gasteiger charge is 2.02. The molecule has 0 saturated carbocycles. The lowest BCUT2D eigenvalue weighted by Gasteiger charge is -2.09. The summed E-state index contributed by atoms with van der Waals surface area (Å²) in [6.07, 6.45) is 2.45. The number of aromatic nitrogens is 1. The fourth-order valence-corrected chi connectivity index (χ4v) is 1.86. The molecule has 2 aromatic rings. The summed E-state index contributed by atoms with van der Waals surface area (Å²) in [5.74, 6) is 0.740. The highest BCUT2D eigenvalue weighted by atomic mass is 16.5. The van der Waals surface area contributed by atoms with Crippen LogP contribution in [0.2, 0.25) is 0 Å². The first-order valence-electron chi connectivity index (χ1n) is 6.95. The Morgan fingerprint density at radius 2 is 2.14 bits per heavy atom. The van der Waals surface area contributed by atoms with Crippen LogP contribution in [-0.2, 0) is 6.42 Å². The van der Waals surface area contributed by atoms with Gasteiger partial charge in [-0.05, 0) is 31.2 Å². The first-order valence-corrected chi connectivity index (χ1v) is 6.95. The number of nitrogens with zero attached hydrogens (tertiary/aromatic N) is 1. The van der Waals surface area contributed by atoms with E-state index >= 15 is 0 Å². The van der Waals surface area contributed by atoms with Gasteiger partial charge in [0, 0.05) is 36.6 Å². The van der Waals surface area contributed by atoms with Crippen LogP contribution in [0.15, 0.2) is 48.7 Å². The number of pyridine rings is 1. The summed E-state index contributed by atoms with van der Waals surface area (Å²) in [6.45, 7) is 3.05. The predicted molar refractivity (Wildman–Crippen MR) is 82.6 cm³/mol. The van der Waals surface area contributed by atoms with Crippen molar-refractivity contribution in [2.45, 2.75) is 13.3 Å². The summed E-state index contributed by atoms with van der Waals surface area (Å²) in [5.41, 5.74) is 1.66. The van der Waals surface area contributed by atoms with Gasteiger partial charge in [0.05, 0.1) is 6.61 Å². The van der Waals surface area contributed by atoms with Crippen LogP contribution >= 0.6 is 0 Å². The molecule has 0 saturated heterocycles. The molecule has 0 spiro atoms. The van der Waals surface area contributed by atoms with Crippen molar-refractivity contribution in [3.63, 3.8) is 0 Å². The number of carbonyl (C=O) groups excluding carboxylic acids is 1. The molecule has 2 amide bonds. The zero-order chi connectivity index (χ0) is 14.9. The molecule has 0 aliphatic heterocycles.